The molecular weight excluding hydrogens is 164 g/mol. The SMILES string of the molecule is CCCC1CCN(C(=O)N(C)C)C1. The molecule has 0 radical (unpaired) electrons. The van der Waals surface area contributed by atoms with Crippen LogP contribution in [0.5, 0.6) is 0 Å². The topological polar surface area (TPSA) is 23.6 Å². The van der Waals surface area contributed by atoms with E-state index in [-0.39, 0.29) is 6.03 Å². The van der Waals surface area contributed by atoms with Gasteiger partial charge in [0.1, 0.15) is 0 Å². The Morgan fingerprint density at radius 3 is 2.77 bits per heavy atom. The summed E-state index contributed by atoms with van der Waals surface area (Å²) in [4.78, 5) is 15.2. The van der Waals surface area contributed by atoms with Crippen molar-refractivity contribution in [1.82, 2.24) is 9.80 Å². The van der Waals surface area contributed by atoms with Crippen LogP contribution in [-0.4, -0.2) is 43.0 Å². The van der Waals surface area contributed by atoms with Crippen LogP contribution in [0.15, 0.2) is 0 Å². The first-order valence-electron chi connectivity index (χ1n) is 5.11. The minimum Gasteiger partial charge on any atom is -0.331 e. The van der Waals surface area contributed by atoms with Crippen molar-refractivity contribution in [2.45, 2.75) is 26.2 Å². The molecule has 1 rings (SSSR count). The van der Waals surface area contributed by atoms with Crippen molar-refractivity contribution < 1.29 is 4.79 Å². The van der Waals surface area contributed by atoms with E-state index in [2.05, 4.69) is 6.92 Å². The highest BCUT2D eigenvalue weighted by molar-refractivity contribution is 5.74. The van der Waals surface area contributed by atoms with E-state index in [0.29, 0.717) is 0 Å². The summed E-state index contributed by atoms with van der Waals surface area (Å²) in [5, 5.41) is 0. The van der Waals surface area contributed by atoms with E-state index in [4.69, 9.17) is 0 Å². The average Bonchev–Trinajstić information content (AvgIpc) is 2.52. The molecule has 0 aromatic carbocycles. The van der Waals surface area contributed by atoms with Crippen LogP contribution in [0.2, 0.25) is 0 Å². The van der Waals surface area contributed by atoms with Gasteiger partial charge in [-0.2, -0.15) is 0 Å². The Balaban J connectivity index is 2.36. The van der Waals surface area contributed by atoms with Crippen LogP contribution in [0.1, 0.15) is 26.2 Å². The van der Waals surface area contributed by atoms with Crippen LogP contribution in [0.4, 0.5) is 4.79 Å². The van der Waals surface area contributed by atoms with Gasteiger partial charge in [-0.05, 0) is 18.8 Å². The van der Waals surface area contributed by atoms with Crippen molar-refractivity contribution in [3.8, 4) is 0 Å². The molecular formula is C10H20N2O. The number of nitrogens with zero attached hydrogens (tertiary/aromatic N) is 2. The van der Waals surface area contributed by atoms with Crippen LogP contribution >= 0.6 is 0 Å². The van der Waals surface area contributed by atoms with Gasteiger partial charge in [0.05, 0.1) is 0 Å². The smallest absolute Gasteiger partial charge is 0.319 e. The number of rotatable bonds is 2. The summed E-state index contributed by atoms with van der Waals surface area (Å²) in [5.74, 6) is 0.744. The van der Waals surface area contributed by atoms with Crippen molar-refractivity contribution in [2.24, 2.45) is 5.92 Å². The Kier molecular flexibility index (Phi) is 3.58. The lowest BCUT2D eigenvalue weighted by Gasteiger charge is -2.21. The highest BCUT2D eigenvalue weighted by Crippen LogP contribution is 2.21. The lowest BCUT2D eigenvalue weighted by Crippen LogP contribution is -2.37. The van der Waals surface area contributed by atoms with Crippen molar-refractivity contribution >= 4 is 6.03 Å². The van der Waals surface area contributed by atoms with Gasteiger partial charge in [-0.25, -0.2) is 4.79 Å². The van der Waals surface area contributed by atoms with E-state index in [9.17, 15) is 4.79 Å². The molecule has 1 aliphatic heterocycles. The monoisotopic (exact) mass is 184 g/mol. The van der Waals surface area contributed by atoms with Gasteiger partial charge in [-0.15, -0.1) is 0 Å². The minimum atomic E-state index is 0.165. The zero-order valence-electron chi connectivity index (χ0n) is 8.92. The van der Waals surface area contributed by atoms with Crippen molar-refractivity contribution in [3.63, 3.8) is 0 Å². The fourth-order valence-electron chi connectivity index (χ4n) is 1.93. The van der Waals surface area contributed by atoms with Gasteiger partial charge in [0.2, 0.25) is 0 Å². The molecule has 0 saturated carbocycles. The Hall–Kier alpha value is -0.730. The first kappa shape index (κ1) is 10.4. The number of carbonyl (C=O) groups is 1. The molecule has 1 saturated heterocycles. The van der Waals surface area contributed by atoms with Gasteiger partial charge in [0.25, 0.3) is 0 Å². The van der Waals surface area contributed by atoms with Crippen LogP contribution in [0, 0.1) is 5.92 Å². The van der Waals surface area contributed by atoms with E-state index in [1.54, 1.807) is 4.90 Å². The van der Waals surface area contributed by atoms with E-state index in [1.165, 1.54) is 19.3 Å². The Morgan fingerprint density at radius 1 is 1.54 bits per heavy atom. The molecule has 0 aromatic heterocycles. The summed E-state index contributed by atoms with van der Waals surface area (Å²) in [6.07, 6.45) is 3.68. The number of likely N-dealkylation sites (tertiary alicyclic amines) is 1. The highest BCUT2D eigenvalue weighted by Gasteiger charge is 2.26. The third kappa shape index (κ3) is 2.61. The summed E-state index contributed by atoms with van der Waals surface area (Å²) in [7, 11) is 3.63. The third-order valence-corrected chi connectivity index (χ3v) is 2.64. The molecule has 1 fully saturated rings. The quantitative estimate of drug-likeness (QED) is 0.642. The third-order valence-electron chi connectivity index (χ3n) is 2.64. The van der Waals surface area contributed by atoms with Crippen LogP contribution in [0.25, 0.3) is 0 Å². The van der Waals surface area contributed by atoms with Gasteiger partial charge in [-0.1, -0.05) is 13.3 Å². The fourth-order valence-corrected chi connectivity index (χ4v) is 1.93. The molecule has 0 bridgehead atoms. The summed E-state index contributed by atoms with van der Waals surface area (Å²) < 4.78 is 0. The number of urea groups is 1. The van der Waals surface area contributed by atoms with Crippen molar-refractivity contribution in [1.29, 1.82) is 0 Å². The molecule has 0 aliphatic carbocycles. The molecule has 0 aromatic rings. The van der Waals surface area contributed by atoms with Crippen LogP contribution in [-0.2, 0) is 0 Å². The maximum Gasteiger partial charge on any atom is 0.319 e. The predicted molar refractivity (Wildman–Crippen MR) is 53.7 cm³/mol. The molecule has 1 aliphatic rings. The zero-order chi connectivity index (χ0) is 9.84. The van der Waals surface area contributed by atoms with E-state index < -0.39 is 0 Å². The fraction of sp³-hybridized carbons (Fsp3) is 0.900. The number of hydrogen-bond donors (Lipinski definition) is 0. The number of hydrogen-bond acceptors (Lipinski definition) is 1. The molecule has 3 nitrogen and oxygen atoms in total. The van der Waals surface area contributed by atoms with E-state index in [0.717, 1.165) is 19.0 Å². The standard InChI is InChI=1S/C10H20N2O/c1-4-5-9-6-7-12(8-9)10(13)11(2)3/h9H,4-8H2,1-3H3. The Morgan fingerprint density at radius 2 is 2.23 bits per heavy atom. The molecule has 1 unspecified atom stereocenters. The largest absolute Gasteiger partial charge is 0.331 e. The number of amides is 2. The first-order valence-corrected chi connectivity index (χ1v) is 5.11. The van der Waals surface area contributed by atoms with Gasteiger partial charge in [0.15, 0.2) is 0 Å². The summed E-state index contributed by atoms with van der Waals surface area (Å²) in [6.45, 7) is 4.11. The number of carbonyl (C=O) groups excluding carboxylic acids is 1. The second-order valence-corrected chi connectivity index (χ2v) is 4.07. The molecule has 1 heterocycles. The molecule has 0 N–H and O–H groups in total. The van der Waals surface area contributed by atoms with Crippen molar-refractivity contribution in [2.75, 3.05) is 27.2 Å². The maximum atomic E-state index is 11.5. The Bertz CT molecular complexity index is 180. The van der Waals surface area contributed by atoms with Crippen LogP contribution < -0.4 is 0 Å². The summed E-state index contributed by atoms with van der Waals surface area (Å²) in [6, 6.07) is 0.165. The lowest BCUT2D eigenvalue weighted by molar-refractivity contribution is 0.180. The molecule has 0 spiro atoms. The average molecular weight is 184 g/mol. The summed E-state index contributed by atoms with van der Waals surface area (Å²) >= 11 is 0. The van der Waals surface area contributed by atoms with Gasteiger partial charge < -0.3 is 9.80 Å². The molecule has 13 heavy (non-hydrogen) atoms. The van der Waals surface area contributed by atoms with Gasteiger partial charge in [0, 0.05) is 27.2 Å². The normalized spacial score (nSPS) is 22.1. The predicted octanol–water partition coefficient (Wildman–Crippen LogP) is 1.79. The molecule has 3 heteroatoms. The molecule has 76 valence electrons. The van der Waals surface area contributed by atoms with Crippen LogP contribution in [0.3, 0.4) is 0 Å². The minimum absolute atomic E-state index is 0.165. The maximum absolute atomic E-state index is 11.5. The zero-order valence-corrected chi connectivity index (χ0v) is 8.92. The first-order chi connectivity index (χ1) is 6.15. The van der Waals surface area contributed by atoms with Crippen molar-refractivity contribution in [3.05, 3.63) is 0 Å². The highest BCUT2D eigenvalue weighted by atomic mass is 16.2. The molecule has 1 atom stereocenters. The second kappa shape index (κ2) is 4.49. The van der Waals surface area contributed by atoms with E-state index >= 15 is 0 Å². The summed E-state index contributed by atoms with van der Waals surface area (Å²) in [5.41, 5.74) is 0. The van der Waals surface area contributed by atoms with E-state index in [1.807, 2.05) is 19.0 Å². The lowest BCUT2D eigenvalue weighted by atomic mass is 10.0. The van der Waals surface area contributed by atoms with Gasteiger partial charge in [-0.3, -0.25) is 0 Å². The second-order valence-electron chi connectivity index (χ2n) is 4.07. The molecule has 2 amide bonds. The van der Waals surface area contributed by atoms with Gasteiger partial charge >= 0.3 is 6.03 Å². The Labute approximate surface area is 80.7 Å².